The molecule has 160 valence electrons. The zero-order valence-electron chi connectivity index (χ0n) is 17.7. The van der Waals surface area contributed by atoms with Gasteiger partial charge in [0.2, 0.25) is 5.78 Å². The first-order valence-corrected chi connectivity index (χ1v) is 10.8. The van der Waals surface area contributed by atoms with Crippen LogP contribution in [0.1, 0.15) is 41.9 Å². The molecule has 1 atom stereocenters. The molecule has 1 amide bonds. The highest BCUT2D eigenvalue weighted by molar-refractivity contribution is 6.16. The van der Waals surface area contributed by atoms with Gasteiger partial charge in [-0.05, 0) is 34.9 Å². The molecule has 0 spiro atoms. The fraction of sp³-hybridized carbons (Fsp3) is 0.185. The van der Waals surface area contributed by atoms with Crippen molar-refractivity contribution in [2.75, 3.05) is 6.54 Å². The number of amides is 1. The van der Waals surface area contributed by atoms with E-state index in [0.29, 0.717) is 12.1 Å². The Hall–Kier alpha value is -3.86. The molecule has 3 aromatic carbocycles. The van der Waals surface area contributed by atoms with Gasteiger partial charge >= 0.3 is 0 Å². The highest BCUT2D eigenvalue weighted by Gasteiger charge is 2.44. The lowest BCUT2D eigenvalue weighted by molar-refractivity contribution is -0.129. The molecule has 5 heteroatoms. The molecule has 32 heavy (non-hydrogen) atoms. The molecule has 0 saturated heterocycles. The predicted molar refractivity (Wildman–Crippen MR) is 124 cm³/mol. The maximum absolute atomic E-state index is 13.6. The Morgan fingerprint density at radius 1 is 1.00 bits per heavy atom. The number of aliphatic hydroxyl groups is 1. The average molecular weight is 425 g/mol. The van der Waals surface area contributed by atoms with Crippen LogP contribution >= 0.6 is 0 Å². The summed E-state index contributed by atoms with van der Waals surface area (Å²) in [5.74, 6) is -1.37. The van der Waals surface area contributed by atoms with Gasteiger partial charge in [0.1, 0.15) is 5.58 Å². The van der Waals surface area contributed by atoms with Gasteiger partial charge in [0, 0.05) is 11.9 Å². The fourth-order valence-electron chi connectivity index (χ4n) is 4.48. The van der Waals surface area contributed by atoms with Gasteiger partial charge in [-0.3, -0.25) is 9.59 Å². The van der Waals surface area contributed by atoms with Crippen LogP contribution in [0.5, 0.6) is 0 Å². The number of nitrogens with zero attached hydrogens (tertiary/aromatic N) is 1. The number of rotatable bonds is 6. The molecule has 0 aliphatic carbocycles. The number of fused-ring (bicyclic) bond motifs is 2. The monoisotopic (exact) mass is 425 g/mol. The molecule has 1 aromatic heterocycles. The number of aliphatic hydroxyl groups excluding tert-OH is 1. The molecule has 1 unspecified atom stereocenters. The highest BCUT2D eigenvalue weighted by atomic mass is 16.3. The summed E-state index contributed by atoms with van der Waals surface area (Å²) in [6.45, 7) is 2.49. The second kappa shape index (κ2) is 8.00. The summed E-state index contributed by atoms with van der Waals surface area (Å²) in [6.07, 6.45) is 1.66. The van der Waals surface area contributed by atoms with Crippen molar-refractivity contribution in [2.24, 2.45) is 0 Å². The molecule has 2 heterocycles. The zero-order valence-corrected chi connectivity index (χ0v) is 17.7. The second-order valence-electron chi connectivity index (χ2n) is 8.06. The van der Waals surface area contributed by atoms with Crippen LogP contribution in [0.15, 0.2) is 88.5 Å². The maximum Gasteiger partial charge on any atom is 0.290 e. The Bertz CT molecular complexity index is 1340. The van der Waals surface area contributed by atoms with Crippen molar-refractivity contribution in [3.8, 4) is 0 Å². The van der Waals surface area contributed by atoms with E-state index >= 15 is 0 Å². The number of hydrogen-bond donors (Lipinski definition) is 1. The third-order valence-corrected chi connectivity index (χ3v) is 6.07. The Morgan fingerprint density at radius 3 is 2.50 bits per heavy atom. The molecule has 0 fully saturated rings. The lowest BCUT2D eigenvalue weighted by Crippen LogP contribution is -2.32. The second-order valence-corrected chi connectivity index (χ2v) is 8.06. The predicted octanol–water partition coefficient (Wildman–Crippen LogP) is 5.96. The number of hydrogen-bond acceptors (Lipinski definition) is 4. The molecule has 0 radical (unpaired) electrons. The van der Waals surface area contributed by atoms with Gasteiger partial charge in [-0.15, -0.1) is 0 Å². The molecule has 0 bridgehead atoms. The van der Waals surface area contributed by atoms with Gasteiger partial charge in [0.05, 0.1) is 11.6 Å². The molecule has 1 N–H and O–H groups in total. The van der Waals surface area contributed by atoms with Crippen LogP contribution in [-0.4, -0.2) is 28.2 Å². The standard InChI is InChI=1S/C27H23NO4/c1-2-3-15-28-24(20-13-8-11-17-9-4-6-12-19(17)20)23(26(30)27(28)31)25(29)22-16-18-10-5-7-14-21(18)32-22/h4-14,16,24,30H,2-3,15H2,1H3. The van der Waals surface area contributed by atoms with Crippen molar-refractivity contribution in [3.63, 3.8) is 0 Å². The molecule has 0 saturated carbocycles. The highest BCUT2D eigenvalue weighted by Crippen LogP contribution is 2.42. The van der Waals surface area contributed by atoms with E-state index in [0.717, 1.165) is 34.6 Å². The summed E-state index contributed by atoms with van der Waals surface area (Å²) in [7, 11) is 0. The molecule has 5 rings (SSSR count). The number of carbonyl (C=O) groups is 2. The third kappa shape index (κ3) is 3.17. The van der Waals surface area contributed by atoms with Crippen molar-refractivity contribution >= 4 is 33.4 Å². The topological polar surface area (TPSA) is 70.8 Å². The minimum atomic E-state index is -0.680. The summed E-state index contributed by atoms with van der Waals surface area (Å²) in [5.41, 5.74) is 1.47. The van der Waals surface area contributed by atoms with E-state index in [-0.39, 0.29) is 11.3 Å². The van der Waals surface area contributed by atoms with Crippen LogP contribution in [0.4, 0.5) is 0 Å². The van der Waals surface area contributed by atoms with E-state index in [2.05, 4.69) is 0 Å². The average Bonchev–Trinajstić information content (AvgIpc) is 3.36. The first kappa shape index (κ1) is 20.1. The lowest BCUT2D eigenvalue weighted by atomic mass is 9.91. The molecule has 1 aliphatic heterocycles. The van der Waals surface area contributed by atoms with Crippen molar-refractivity contribution in [1.29, 1.82) is 0 Å². The largest absolute Gasteiger partial charge is 0.503 e. The Kier molecular flexibility index (Phi) is 5.02. The molecular formula is C27H23NO4. The smallest absolute Gasteiger partial charge is 0.290 e. The molecule has 5 nitrogen and oxygen atoms in total. The van der Waals surface area contributed by atoms with Gasteiger partial charge in [0.25, 0.3) is 5.91 Å². The number of para-hydroxylation sites is 1. The van der Waals surface area contributed by atoms with E-state index in [1.165, 1.54) is 0 Å². The zero-order chi connectivity index (χ0) is 22.2. The number of carbonyl (C=O) groups excluding carboxylic acids is 2. The van der Waals surface area contributed by atoms with Gasteiger partial charge in [0.15, 0.2) is 11.5 Å². The van der Waals surface area contributed by atoms with Gasteiger partial charge in [-0.1, -0.05) is 74.0 Å². The number of ketones is 1. The van der Waals surface area contributed by atoms with E-state index in [9.17, 15) is 14.7 Å². The Morgan fingerprint density at radius 2 is 1.72 bits per heavy atom. The van der Waals surface area contributed by atoms with Gasteiger partial charge < -0.3 is 14.4 Å². The molecule has 4 aromatic rings. The van der Waals surface area contributed by atoms with Crippen molar-refractivity contribution in [2.45, 2.75) is 25.8 Å². The van der Waals surface area contributed by atoms with Gasteiger partial charge in [-0.25, -0.2) is 0 Å². The summed E-state index contributed by atoms with van der Waals surface area (Å²) in [5, 5.41) is 13.6. The van der Waals surface area contributed by atoms with E-state index < -0.39 is 23.5 Å². The third-order valence-electron chi connectivity index (χ3n) is 6.07. The Labute approximate surface area is 185 Å². The number of Topliss-reactive ketones (excluding diaryl/α,β-unsaturated/α-hetero) is 1. The maximum atomic E-state index is 13.6. The lowest BCUT2D eigenvalue weighted by Gasteiger charge is -2.27. The summed E-state index contributed by atoms with van der Waals surface area (Å²) >= 11 is 0. The molecular weight excluding hydrogens is 402 g/mol. The van der Waals surface area contributed by atoms with Crippen LogP contribution in [-0.2, 0) is 4.79 Å². The van der Waals surface area contributed by atoms with Crippen molar-refractivity contribution in [1.82, 2.24) is 4.90 Å². The quantitative estimate of drug-likeness (QED) is 0.387. The van der Waals surface area contributed by atoms with E-state index in [4.69, 9.17) is 4.42 Å². The van der Waals surface area contributed by atoms with Crippen LogP contribution in [0.25, 0.3) is 21.7 Å². The van der Waals surface area contributed by atoms with Crippen LogP contribution in [0, 0.1) is 0 Å². The van der Waals surface area contributed by atoms with E-state index in [1.807, 2.05) is 67.6 Å². The summed E-state index contributed by atoms with van der Waals surface area (Å²) in [6, 6.07) is 22.0. The SMILES string of the molecule is CCCCN1C(=O)C(O)=C(C(=O)c2cc3ccccc3o2)C1c1cccc2ccccc12. The Balaban J connectivity index is 1.67. The van der Waals surface area contributed by atoms with Gasteiger partial charge in [-0.2, -0.15) is 0 Å². The number of unbranched alkanes of at least 4 members (excludes halogenated alkanes) is 1. The normalized spacial score (nSPS) is 16.5. The van der Waals surface area contributed by atoms with Crippen LogP contribution < -0.4 is 0 Å². The summed E-state index contributed by atoms with van der Waals surface area (Å²) < 4.78 is 5.79. The molecule has 1 aliphatic rings. The number of furan rings is 1. The number of benzene rings is 3. The minimum Gasteiger partial charge on any atom is -0.503 e. The first-order chi connectivity index (χ1) is 15.6. The first-order valence-electron chi connectivity index (χ1n) is 10.8. The van der Waals surface area contributed by atoms with Crippen molar-refractivity contribution < 1.29 is 19.1 Å². The minimum absolute atomic E-state index is 0.0708. The van der Waals surface area contributed by atoms with Crippen LogP contribution in [0.3, 0.4) is 0 Å². The summed E-state index contributed by atoms with van der Waals surface area (Å²) in [4.78, 5) is 28.3. The van der Waals surface area contributed by atoms with E-state index in [1.54, 1.807) is 17.0 Å². The van der Waals surface area contributed by atoms with Crippen molar-refractivity contribution in [3.05, 3.63) is 95.5 Å². The fourth-order valence-corrected chi connectivity index (χ4v) is 4.48. The van der Waals surface area contributed by atoms with Crippen LogP contribution in [0.2, 0.25) is 0 Å².